The molecule has 98 valence electrons. The van der Waals surface area contributed by atoms with Crippen LogP contribution in [0.2, 0.25) is 5.02 Å². The summed E-state index contributed by atoms with van der Waals surface area (Å²) < 4.78 is 13.3. The molecule has 0 heterocycles. The Morgan fingerprint density at radius 2 is 2.17 bits per heavy atom. The van der Waals surface area contributed by atoms with Crippen molar-refractivity contribution in [3.05, 3.63) is 29.0 Å². The second-order valence-electron chi connectivity index (χ2n) is 3.52. The van der Waals surface area contributed by atoms with E-state index in [9.17, 15) is 14.0 Å². The summed E-state index contributed by atoms with van der Waals surface area (Å²) in [5.41, 5.74) is -0.111. The van der Waals surface area contributed by atoms with Crippen LogP contribution in [0.5, 0.6) is 0 Å². The number of carboxylic acids is 1. The highest BCUT2D eigenvalue weighted by atomic mass is 35.5. The van der Waals surface area contributed by atoms with Crippen molar-refractivity contribution in [1.29, 1.82) is 0 Å². The van der Waals surface area contributed by atoms with Crippen molar-refractivity contribution < 1.29 is 19.1 Å². The van der Waals surface area contributed by atoms with E-state index in [-0.39, 0.29) is 17.1 Å². The van der Waals surface area contributed by atoms with Crippen LogP contribution in [0.3, 0.4) is 0 Å². The Hall–Kier alpha value is -1.82. The third-order valence-corrected chi connectivity index (χ3v) is 2.42. The topological polar surface area (TPSA) is 78.4 Å². The molecule has 0 aliphatic carbocycles. The van der Waals surface area contributed by atoms with E-state index in [1.807, 2.05) is 0 Å². The van der Waals surface area contributed by atoms with Crippen LogP contribution in [0.1, 0.15) is 13.3 Å². The Bertz CT molecular complexity index is 468. The SMILES string of the molecule is CC[C@@H](NC(=O)Nc1cc(Cl)ccc1F)C(=O)O. The van der Waals surface area contributed by atoms with E-state index in [0.717, 1.165) is 6.07 Å². The Balaban J connectivity index is 2.70. The number of carbonyl (C=O) groups is 2. The Morgan fingerprint density at radius 1 is 1.50 bits per heavy atom. The monoisotopic (exact) mass is 274 g/mol. The summed E-state index contributed by atoms with van der Waals surface area (Å²) in [6.07, 6.45) is 0.223. The first-order valence-electron chi connectivity index (χ1n) is 5.19. The lowest BCUT2D eigenvalue weighted by atomic mass is 10.2. The number of hydrogen-bond acceptors (Lipinski definition) is 2. The summed E-state index contributed by atoms with van der Waals surface area (Å²) in [5.74, 6) is -1.81. The molecule has 0 radical (unpaired) electrons. The van der Waals surface area contributed by atoms with Crippen molar-refractivity contribution in [3.63, 3.8) is 0 Å². The smallest absolute Gasteiger partial charge is 0.326 e. The van der Waals surface area contributed by atoms with Gasteiger partial charge in [0, 0.05) is 5.02 Å². The molecule has 0 bridgehead atoms. The molecule has 3 N–H and O–H groups in total. The molecule has 0 saturated carbocycles. The minimum absolute atomic E-state index is 0.111. The second-order valence-corrected chi connectivity index (χ2v) is 3.96. The highest BCUT2D eigenvalue weighted by molar-refractivity contribution is 6.30. The average molecular weight is 275 g/mol. The molecule has 0 aliphatic heterocycles. The van der Waals surface area contributed by atoms with Crippen LogP contribution in [-0.2, 0) is 4.79 Å². The number of nitrogens with one attached hydrogen (secondary N) is 2. The molecule has 1 aromatic rings. The zero-order valence-electron chi connectivity index (χ0n) is 9.54. The highest BCUT2D eigenvalue weighted by Gasteiger charge is 2.18. The van der Waals surface area contributed by atoms with Crippen molar-refractivity contribution in [1.82, 2.24) is 5.32 Å². The predicted octanol–water partition coefficient (Wildman–Crippen LogP) is 2.46. The van der Waals surface area contributed by atoms with Gasteiger partial charge in [0.15, 0.2) is 0 Å². The maximum Gasteiger partial charge on any atom is 0.326 e. The van der Waals surface area contributed by atoms with E-state index in [1.165, 1.54) is 12.1 Å². The molecule has 0 aromatic heterocycles. The number of hydrogen-bond donors (Lipinski definition) is 3. The van der Waals surface area contributed by atoms with Crippen LogP contribution < -0.4 is 10.6 Å². The zero-order chi connectivity index (χ0) is 13.7. The third kappa shape index (κ3) is 3.89. The summed E-state index contributed by atoms with van der Waals surface area (Å²) >= 11 is 5.65. The number of carboxylic acid groups (broad SMARTS) is 1. The molecule has 18 heavy (non-hydrogen) atoms. The predicted molar refractivity (Wildman–Crippen MR) is 65.3 cm³/mol. The van der Waals surface area contributed by atoms with Gasteiger partial charge in [0.2, 0.25) is 0 Å². The Morgan fingerprint density at radius 3 is 2.72 bits per heavy atom. The molecule has 0 fully saturated rings. The van der Waals surface area contributed by atoms with E-state index in [4.69, 9.17) is 16.7 Å². The van der Waals surface area contributed by atoms with Gasteiger partial charge in [-0.05, 0) is 24.6 Å². The first-order chi connectivity index (χ1) is 8.43. The molecule has 0 unspecified atom stereocenters. The quantitative estimate of drug-likeness (QED) is 0.789. The molecule has 1 rings (SSSR count). The number of amides is 2. The molecule has 0 saturated heterocycles. The fourth-order valence-corrected chi connectivity index (χ4v) is 1.42. The molecular weight excluding hydrogens is 263 g/mol. The number of halogens is 2. The van der Waals surface area contributed by atoms with Crippen LogP contribution in [0.4, 0.5) is 14.9 Å². The number of aliphatic carboxylic acids is 1. The number of benzene rings is 1. The van der Waals surface area contributed by atoms with E-state index in [1.54, 1.807) is 6.92 Å². The summed E-state index contributed by atoms with van der Waals surface area (Å²) in [6.45, 7) is 1.61. The fourth-order valence-electron chi connectivity index (χ4n) is 1.25. The van der Waals surface area contributed by atoms with Crippen molar-refractivity contribution in [2.24, 2.45) is 0 Å². The Labute approximate surface area is 108 Å². The number of rotatable bonds is 4. The van der Waals surface area contributed by atoms with E-state index >= 15 is 0 Å². The fraction of sp³-hybridized carbons (Fsp3) is 0.273. The van der Waals surface area contributed by atoms with E-state index < -0.39 is 23.9 Å². The van der Waals surface area contributed by atoms with Crippen LogP contribution in [0.25, 0.3) is 0 Å². The maximum atomic E-state index is 13.3. The number of anilines is 1. The second kappa shape index (κ2) is 6.20. The molecule has 2 amide bonds. The van der Waals surface area contributed by atoms with Gasteiger partial charge in [-0.25, -0.2) is 14.0 Å². The lowest BCUT2D eigenvalue weighted by molar-refractivity contribution is -0.139. The summed E-state index contributed by atoms with van der Waals surface area (Å²) in [4.78, 5) is 22.2. The van der Waals surface area contributed by atoms with Crippen molar-refractivity contribution in [2.75, 3.05) is 5.32 Å². The van der Waals surface area contributed by atoms with Gasteiger partial charge in [-0.15, -0.1) is 0 Å². The van der Waals surface area contributed by atoms with Gasteiger partial charge in [-0.2, -0.15) is 0 Å². The molecule has 7 heteroatoms. The number of urea groups is 1. The molecular formula is C11H12ClFN2O3. The van der Waals surface area contributed by atoms with Crippen molar-refractivity contribution in [2.45, 2.75) is 19.4 Å². The standard InChI is InChI=1S/C11H12ClFN2O3/c1-2-8(10(16)17)14-11(18)15-9-5-6(12)3-4-7(9)13/h3-5,8H,2H2,1H3,(H,16,17)(H2,14,15,18)/t8-/m1/s1. The third-order valence-electron chi connectivity index (χ3n) is 2.19. The van der Waals surface area contributed by atoms with Gasteiger partial charge in [-0.3, -0.25) is 0 Å². The molecule has 0 spiro atoms. The zero-order valence-corrected chi connectivity index (χ0v) is 10.3. The van der Waals surface area contributed by atoms with Gasteiger partial charge in [0.25, 0.3) is 0 Å². The maximum absolute atomic E-state index is 13.3. The molecule has 5 nitrogen and oxygen atoms in total. The lowest BCUT2D eigenvalue weighted by Gasteiger charge is -2.13. The normalized spacial score (nSPS) is 11.7. The van der Waals surface area contributed by atoms with Crippen LogP contribution >= 0.6 is 11.6 Å². The highest BCUT2D eigenvalue weighted by Crippen LogP contribution is 2.19. The summed E-state index contributed by atoms with van der Waals surface area (Å²) in [6, 6.07) is 1.86. The van der Waals surface area contributed by atoms with Gasteiger partial charge < -0.3 is 15.7 Å². The minimum atomic E-state index is -1.15. The number of carbonyl (C=O) groups excluding carboxylic acids is 1. The van der Waals surface area contributed by atoms with Crippen LogP contribution in [0.15, 0.2) is 18.2 Å². The van der Waals surface area contributed by atoms with Crippen LogP contribution in [0, 0.1) is 5.82 Å². The minimum Gasteiger partial charge on any atom is -0.480 e. The summed E-state index contributed by atoms with van der Waals surface area (Å²) in [5, 5.41) is 13.4. The molecule has 1 atom stereocenters. The van der Waals surface area contributed by atoms with Gasteiger partial charge in [0.1, 0.15) is 11.9 Å². The van der Waals surface area contributed by atoms with Gasteiger partial charge in [0.05, 0.1) is 5.69 Å². The van der Waals surface area contributed by atoms with E-state index in [2.05, 4.69) is 10.6 Å². The van der Waals surface area contributed by atoms with Crippen LogP contribution in [-0.4, -0.2) is 23.1 Å². The van der Waals surface area contributed by atoms with Gasteiger partial charge in [-0.1, -0.05) is 18.5 Å². The van der Waals surface area contributed by atoms with E-state index in [0.29, 0.717) is 0 Å². The molecule has 1 aromatic carbocycles. The first kappa shape index (κ1) is 14.2. The summed E-state index contributed by atoms with van der Waals surface area (Å²) in [7, 11) is 0. The Kier molecular flexibility index (Phi) is 4.91. The first-order valence-corrected chi connectivity index (χ1v) is 5.57. The van der Waals surface area contributed by atoms with Gasteiger partial charge >= 0.3 is 12.0 Å². The largest absolute Gasteiger partial charge is 0.480 e. The van der Waals surface area contributed by atoms with Crippen molar-refractivity contribution in [3.8, 4) is 0 Å². The molecule has 0 aliphatic rings. The van der Waals surface area contributed by atoms with Crippen molar-refractivity contribution >= 4 is 29.3 Å². The average Bonchev–Trinajstić information content (AvgIpc) is 2.30. The lowest BCUT2D eigenvalue weighted by Crippen LogP contribution is -2.42.